The van der Waals surface area contributed by atoms with Crippen LogP contribution in [0, 0.1) is 5.92 Å². The first-order valence-corrected chi connectivity index (χ1v) is 5.65. The van der Waals surface area contributed by atoms with Gasteiger partial charge in [-0.15, -0.1) is 0 Å². The normalized spacial score (nSPS) is 18.1. The van der Waals surface area contributed by atoms with Crippen LogP contribution in [-0.2, 0) is 9.53 Å². The summed E-state index contributed by atoms with van der Waals surface area (Å²) in [5.41, 5.74) is 0. The van der Waals surface area contributed by atoms with Crippen LogP contribution in [0.15, 0.2) is 0 Å². The fourth-order valence-electron chi connectivity index (χ4n) is 2.09. The molecule has 1 N–H and O–H groups in total. The molecule has 1 aliphatic heterocycles. The van der Waals surface area contributed by atoms with E-state index in [1.165, 1.54) is 6.42 Å². The summed E-state index contributed by atoms with van der Waals surface area (Å²) in [6.45, 7) is 2.08. The van der Waals surface area contributed by atoms with Gasteiger partial charge in [0.2, 0.25) is 5.91 Å². The second kappa shape index (κ2) is 6.80. The Bertz CT molecular complexity index is 188. The molecule has 4 heteroatoms. The van der Waals surface area contributed by atoms with E-state index >= 15 is 0 Å². The Morgan fingerprint density at radius 3 is 2.67 bits per heavy atom. The minimum Gasteiger partial charge on any atom is -0.387 e. The van der Waals surface area contributed by atoms with E-state index in [0.717, 1.165) is 44.9 Å². The maximum Gasteiger partial charge on any atom is 0.248 e. The maximum atomic E-state index is 11.2. The van der Waals surface area contributed by atoms with Gasteiger partial charge in [-0.3, -0.25) is 4.79 Å². The number of piperidine rings is 1. The van der Waals surface area contributed by atoms with Crippen molar-refractivity contribution in [3.8, 4) is 0 Å². The van der Waals surface area contributed by atoms with E-state index in [1.54, 1.807) is 12.0 Å². The van der Waals surface area contributed by atoms with Crippen LogP contribution in [0.25, 0.3) is 0 Å². The number of methoxy groups -OCH3 is 1. The predicted molar refractivity (Wildman–Crippen MR) is 57.5 cm³/mol. The number of ether oxygens (including phenoxy) is 1. The van der Waals surface area contributed by atoms with Gasteiger partial charge >= 0.3 is 0 Å². The minimum absolute atomic E-state index is 0.134. The molecule has 0 aliphatic carbocycles. The van der Waals surface area contributed by atoms with Crippen LogP contribution in [0.5, 0.6) is 0 Å². The summed E-state index contributed by atoms with van der Waals surface area (Å²) < 4.78 is 5.01. The van der Waals surface area contributed by atoms with Crippen molar-refractivity contribution in [1.82, 2.24) is 4.90 Å². The molecule has 1 amide bonds. The third-order valence-corrected chi connectivity index (χ3v) is 3.06. The lowest BCUT2D eigenvalue weighted by atomic mass is 9.92. The Morgan fingerprint density at radius 1 is 1.47 bits per heavy atom. The van der Waals surface area contributed by atoms with Gasteiger partial charge in [0.05, 0.1) is 0 Å². The van der Waals surface area contributed by atoms with Gasteiger partial charge in [0.25, 0.3) is 0 Å². The molecule has 88 valence electrons. The Balaban J connectivity index is 2.15. The van der Waals surface area contributed by atoms with Crippen molar-refractivity contribution in [1.29, 1.82) is 0 Å². The van der Waals surface area contributed by atoms with Crippen LogP contribution in [0.1, 0.15) is 25.7 Å². The summed E-state index contributed by atoms with van der Waals surface area (Å²) in [6, 6.07) is 0. The summed E-state index contributed by atoms with van der Waals surface area (Å²) in [5.74, 6) is 0.591. The molecule has 0 radical (unpaired) electrons. The highest BCUT2D eigenvalue weighted by molar-refractivity contribution is 5.77. The van der Waals surface area contributed by atoms with Gasteiger partial charge in [-0.25, -0.2) is 0 Å². The molecule has 15 heavy (non-hydrogen) atoms. The first kappa shape index (κ1) is 12.5. The van der Waals surface area contributed by atoms with Gasteiger partial charge in [0.1, 0.15) is 6.61 Å². The predicted octanol–water partition coefficient (Wildman–Crippen LogP) is 0.644. The van der Waals surface area contributed by atoms with Gasteiger partial charge in [-0.1, -0.05) is 0 Å². The Kier molecular flexibility index (Phi) is 5.65. The molecule has 1 aliphatic rings. The largest absolute Gasteiger partial charge is 0.387 e. The first-order chi connectivity index (χ1) is 7.27. The van der Waals surface area contributed by atoms with Crippen molar-refractivity contribution < 1.29 is 14.6 Å². The van der Waals surface area contributed by atoms with Gasteiger partial charge in [0.15, 0.2) is 0 Å². The lowest BCUT2D eigenvalue weighted by Crippen LogP contribution is -2.39. The van der Waals surface area contributed by atoms with Crippen LogP contribution < -0.4 is 0 Å². The number of carbonyl (C=O) groups excluding carboxylic acids is 1. The van der Waals surface area contributed by atoms with Crippen LogP contribution in [0.2, 0.25) is 0 Å². The highest BCUT2D eigenvalue weighted by atomic mass is 16.5. The van der Waals surface area contributed by atoms with E-state index in [2.05, 4.69) is 0 Å². The van der Waals surface area contributed by atoms with Crippen molar-refractivity contribution in [2.24, 2.45) is 5.92 Å². The molecule has 0 aromatic rings. The monoisotopic (exact) mass is 215 g/mol. The standard InChI is InChI=1S/C11H21NO3/c1-15-8-2-3-10-4-6-12(7-5-10)11(14)9-13/h10,13H,2-9H2,1H3. The van der Waals surface area contributed by atoms with Crippen LogP contribution in [0.3, 0.4) is 0 Å². The second-order valence-corrected chi connectivity index (χ2v) is 4.12. The summed E-state index contributed by atoms with van der Waals surface area (Å²) in [5, 5.41) is 8.72. The molecule has 1 fully saturated rings. The number of likely N-dealkylation sites (tertiary alicyclic amines) is 1. The molecule has 0 bridgehead atoms. The quantitative estimate of drug-likeness (QED) is 0.685. The third-order valence-electron chi connectivity index (χ3n) is 3.06. The number of carbonyl (C=O) groups is 1. The molecule has 4 nitrogen and oxygen atoms in total. The summed E-state index contributed by atoms with van der Waals surface area (Å²) in [6.07, 6.45) is 4.43. The van der Waals surface area contributed by atoms with Crippen molar-refractivity contribution >= 4 is 5.91 Å². The topological polar surface area (TPSA) is 49.8 Å². The average Bonchev–Trinajstić information content (AvgIpc) is 2.29. The summed E-state index contributed by atoms with van der Waals surface area (Å²) in [7, 11) is 1.72. The minimum atomic E-state index is -0.353. The van der Waals surface area contributed by atoms with Crippen molar-refractivity contribution in [3.05, 3.63) is 0 Å². The zero-order valence-electron chi connectivity index (χ0n) is 9.45. The molecule has 0 spiro atoms. The number of hydrogen-bond acceptors (Lipinski definition) is 3. The molecule has 1 saturated heterocycles. The lowest BCUT2D eigenvalue weighted by molar-refractivity contribution is -0.135. The van der Waals surface area contributed by atoms with E-state index in [0.29, 0.717) is 0 Å². The number of aliphatic hydroxyl groups is 1. The van der Waals surface area contributed by atoms with Gasteiger partial charge in [0, 0.05) is 26.8 Å². The molecule has 0 saturated carbocycles. The molecule has 0 unspecified atom stereocenters. The highest BCUT2D eigenvalue weighted by Crippen LogP contribution is 2.21. The zero-order chi connectivity index (χ0) is 11.1. The summed E-state index contributed by atoms with van der Waals surface area (Å²) in [4.78, 5) is 12.9. The fourth-order valence-corrected chi connectivity index (χ4v) is 2.09. The van der Waals surface area contributed by atoms with Crippen LogP contribution in [-0.4, -0.2) is 49.3 Å². The van der Waals surface area contributed by atoms with Crippen molar-refractivity contribution in [3.63, 3.8) is 0 Å². The van der Waals surface area contributed by atoms with Gasteiger partial charge in [-0.2, -0.15) is 0 Å². The zero-order valence-corrected chi connectivity index (χ0v) is 9.45. The molecular weight excluding hydrogens is 194 g/mol. The SMILES string of the molecule is COCCCC1CCN(C(=O)CO)CC1. The number of aliphatic hydroxyl groups excluding tert-OH is 1. The van der Waals surface area contributed by atoms with E-state index in [4.69, 9.17) is 9.84 Å². The highest BCUT2D eigenvalue weighted by Gasteiger charge is 2.21. The Hall–Kier alpha value is -0.610. The van der Waals surface area contributed by atoms with E-state index in [1.807, 2.05) is 0 Å². The van der Waals surface area contributed by atoms with Crippen molar-refractivity contribution in [2.45, 2.75) is 25.7 Å². The number of amides is 1. The maximum absolute atomic E-state index is 11.2. The molecule has 0 aromatic heterocycles. The lowest BCUT2D eigenvalue weighted by Gasteiger charge is -2.31. The van der Waals surface area contributed by atoms with Gasteiger partial charge in [-0.05, 0) is 31.6 Å². The molecular formula is C11H21NO3. The smallest absolute Gasteiger partial charge is 0.248 e. The van der Waals surface area contributed by atoms with Crippen LogP contribution in [0.4, 0.5) is 0 Å². The van der Waals surface area contributed by atoms with Gasteiger partial charge < -0.3 is 14.7 Å². The van der Waals surface area contributed by atoms with E-state index in [-0.39, 0.29) is 12.5 Å². The second-order valence-electron chi connectivity index (χ2n) is 4.12. The molecule has 1 heterocycles. The number of nitrogens with zero attached hydrogens (tertiary/aromatic N) is 1. The number of rotatable bonds is 5. The average molecular weight is 215 g/mol. The molecule has 0 atom stereocenters. The van der Waals surface area contributed by atoms with Crippen molar-refractivity contribution in [2.75, 3.05) is 33.4 Å². The molecule has 1 rings (SSSR count). The first-order valence-electron chi connectivity index (χ1n) is 5.65. The molecule has 0 aromatic carbocycles. The Morgan fingerprint density at radius 2 is 2.13 bits per heavy atom. The third kappa shape index (κ3) is 4.18. The van der Waals surface area contributed by atoms with E-state index in [9.17, 15) is 4.79 Å². The number of hydrogen-bond donors (Lipinski definition) is 1. The summed E-state index contributed by atoms with van der Waals surface area (Å²) >= 11 is 0. The van der Waals surface area contributed by atoms with Crippen LogP contribution >= 0.6 is 0 Å². The fraction of sp³-hybridized carbons (Fsp3) is 0.909. The van der Waals surface area contributed by atoms with E-state index < -0.39 is 0 Å². The Labute approximate surface area is 91.2 Å².